The van der Waals surface area contributed by atoms with Gasteiger partial charge in [-0.3, -0.25) is 14.4 Å². The predicted octanol–water partition coefficient (Wildman–Crippen LogP) is 2.35. The average Bonchev–Trinajstić information content (AvgIpc) is 2.90. The molecule has 3 rings (SSSR count). The van der Waals surface area contributed by atoms with Gasteiger partial charge in [-0.2, -0.15) is 0 Å². The third-order valence-corrected chi connectivity index (χ3v) is 4.26. The number of carbonyl (C=O) groups is 3. The fraction of sp³-hybridized carbons (Fsp3) is 0.286. The van der Waals surface area contributed by atoms with Gasteiger partial charge in [0.25, 0.3) is 17.7 Å². The van der Waals surface area contributed by atoms with Crippen LogP contribution in [0.5, 0.6) is 5.75 Å². The second-order valence-corrected chi connectivity index (χ2v) is 7.30. The van der Waals surface area contributed by atoms with E-state index in [1.807, 2.05) is 6.92 Å². The zero-order valence-corrected chi connectivity index (χ0v) is 16.1. The van der Waals surface area contributed by atoms with Gasteiger partial charge in [0.05, 0.1) is 23.4 Å². The van der Waals surface area contributed by atoms with Crippen LogP contribution in [-0.4, -0.2) is 36.4 Å². The number of carbonyl (C=O) groups excluding carboxylic acids is 3. The minimum absolute atomic E-state index is 0.207. The molecule has 0 unspecified atom stereocenters. The van der Waals surface area contributed by atoms with E-state index in [0.29, 0.717) is 23.6 Å². The van der Waals surface area contributed by atoms with Gasteiger partial charge in [-0.15, -0.1) is 0 Å². The Hall–Kier alpha value is -3.19. The standard InChI is InChI=1S/C21H23N3O4/c1-4-28-15-8-6-14(7-9-15)24-19(26)16-10-5-13(11-17(16)20(24)27)18(25)23-12-21(2,3)22/h5-11H,4,12,22H2,1-3H3,(H,23,25). The van der Waals surface area contributed by atoms with E-state index in [2.05, 4.69) is 5.32 Å². The highest BCUT2D eigenvalue weighted by Crippen LogP contribution is 2.30. The number of hydrogen-bond acceptors (Lipinski definition) is 5. The lowest BCUT2D eigenvalue weighted by Crippen LogP contribution is -2.45. The molecule has 2 aromatic carbocycles. The number of nitrogens with one attached hydrogen (secondary N) is 1. The molecule has 0 bridgehead atoms. The van der Waals surface area contributed by atoms with Crippen molar-refractivity contribution >= 4 is 23.4 Å². The number of hydrogen-bond donors (Lipinski definition) is 2. The number of nitrogens with zero attached hydrogens (tertiary/aromatic N) is 1. The van der Waals surface area contributed by atoms with E-state index >= 15 is 0 Å². The summed E-state index contributed by atoms with van der Waals surface area (Å²) in [5.74, 6) is -0.567. The van der Waals surface area contributed by atoms with Crippen molar-refractivity contribution in [3.63, 3.8) is 0 Å². The van der Waals surface area contributed by atoms with E-state index in [-0.39, 0.29) is 23.6 Å². The lowest BCUT2D eigenvalue weighted by atomic mass is 10.0. The molecule has 0 fully saturated rings. The summed E-state index contributed by atoms with van der Waals surface area (Å²) in [5, 5.41) is 2.73. The summed E-state index contributed by atoms with van der Waals surface area (Å²) in [6.07, 6.45) is 0. The van der Waals surface area contributed by atoms with Crippen LogP contribution in [0.4, 0.5) is 5.69 Å². The van der Waals surface area contributed by atoms with Crippen LogP contribution in [-0.2, 0) is 0 Å². The number of imide groups is 1. The minimum atomic E-state index is -0.553. The summed E-state index contributed by atoms with van der Waals surface area (Å²) in [5.41, 5.74) is 6.56. The van der Waals surface area contributed by atoms with Crippen LogP contribution >= 0.6 is 0 Å². The summed E-state index contributed by atoms with van der Waals surface area (Å²) in [6.45, 7) is 6.28. The molecular weight excluding hydrogens is 358 g/mol. The topological polar surface area (TPSA) is 102 Å². The molecule has 0 aromatic heterocycles. The minimum Gasteiger partial charge on any atom is -0.494 e. The Kier molecular flexibility index (Phi) is 5.20. The van der Waals surface area contributed by atoms with Crippen molar-refractivity contribution in [1.82, 2.24) is 5.32 Å². The third-order valence-electron chi connectivity index (χ3n) is 4.26. The molecule has 0 saturated heterocycles. The van der Waals surface area contributed by atoms with Gasteiger partial charge < -0.3 is 15.8 Å². The number of benzene rings is 2. The van der Waals surface area contributed by atoms with Gasteiger partial charge in [0.15, 0.2) is 0 Å². The molecule has 0 aliphatic carbocycles. The maximum absolute atomic E-state index is 12.8. The van der Waals surface area contributed by atoms with Crippen LogP contribution in [0, 0.1) is 0 Å². The molecule has 0 spiro atoms. The summed E-state index contributed by atoms with van der Waals surface area (Å²) < 4.78 is 5.39. The summed E-state index contributed by atoms with van der Waals surface area (Å²) in [7, 11) is 0. The SMILES string of the molecule is CCOc1ccc(N2C(=O)c3ccc(C(=O)NCC(C)(C)N)cc3C2=O)cc1. The van der Waals surface area contributed by atoms with E-state index in [1.54, 1.807) is 38.1 Å². The normalized spacial score (nSPS) is 13.5. The average molecular weight is 381 g/mol. The largest absolute Gasteiger partial charge is 0.494 e. The van der Waals surface area contributed by atoms with Crippen LogP contribution in [0.25, 0.3) is 0 Å². The maximum Gasteiger partial charge on any atom is 0.266 e. The molecule has 7 heteroatoms. The molecular formula is C21H23N3O4. The van der Waals surface area contributed by atoms with Crippen LogP contribution in [0.2, 0.25) is 0 Å². The van der Waals surface area contributed by atoms with Crippen molar-refractivity contribution in [2.75, 3.05) is 18.1 Å². The van der Waals surface area contributed by atoms with E-state index in [0.717, 1.165) is 4.90 Å². The summed E-state index contributed by atoms with van der Waals surface area (Å²) in [4.78, 5) is 39.0. The van der Waals surface area contributed by atoms with E-state index in [9.17, 15) is 14.4 Å². The number of anilines is 1. The predicted molar refractivity (Wildman–Crippen MR) is 106 cm³/mol. The molecule has 1 aliphatic heterocycles. The molecule has 146 valence electrons. The molecule has 0 radical (unpaired) electrons. The van der Waals surface area contributed by atoms with E-state index < -0.39 is 17.4 Å². The Labute approximate surface area is 163 Å². The number of nitrogens with two attached hydrogens (primary N) is 1. The zero-order valence-electron chi connectivity index (χ0n) is 16.1. The second kappa shape index (κ2) is 7.44. The van der Waals surface area contributed by atoms with Crippen LogP contribution in [0.15, 0.2) is 42.5 Å². The summed E-state index contributed by atoms with van der Waals surface area (Å²) >= 11 is 0. The van der Waals surface area contributed by atoms with E-state index in [4.69, 9.17) is 10.5 Å². The third kappa shape index (κ3) is 3.89. The molecule has 1 aliphatic rings. The lowest BCUT2D eigenvalue weighted by Gasteiger charge is -2.18. The first-order chi connectivity index (χ1) is 13.2. The van der Waals surface area contributed by atoms with Crippen LogP contribution < -0.4 is 20.7 Å². The lowest BCUT2D eigenvalue weighted by molar-refractivity contribution is 0.0923. The maximum atomic E-state index is 12.8. The quantitative estimate of drug-likeness (QED) is 0.748. The van der Waals surface area contributed by atoms with Crippen molar-refractivity contribution < 1.29 is 19.1 Å². The molecule has 1 heterocycles. The fourth-order valence-corrected chi connectivity index (χ4v) is 2.88. The molecule has 7 nitrogen and oxygen atoms in total. The van der Waals surface area contributed by atoms with Gasteiger partial charge in [-0.05, 0) is 63.2 Å². The Bertz CT molecular complexity index is 930. The molecule has 28 heavy (non-hydrogen) atoms. The van der Waals surface area contributed by atoms with Gasteiger partial charge >= 0.3 is 0 Å². The first-order valence-electron chi connectivity index (χ1n) is 9.04. The zero-order chi connectivity index (χ0) is 20.5. The Morgan fingerprint density at radius 2 is 1.71 bits per heavy atom. The van der Waals surface area contributed by atoms with Gasteiger partial charge in [-0.25, -0.2) is 4.90 Å². The molecule has 0 atom stereocenters. The number of rotatable bonds is 6. The van der Waals surface area contributed by atoms with Crippen LogP contribution in [0.3, 0.4) is 0 Å². The summed E-state index contributed by atoms with van der Waals surface area (Å²) in [6, 6.07) is 11.2. The van der Waals surface area contributed by atoms with E-state index in [1.165, 1.54) is 18.2 Å². The second-order valence-electron chi connectivity index (χ2n) is 7.30. The fourth-order valence-electron chi connectivity index (χ4n) is 2.88. The molecule has 0 saturated carbocycles. The highest BCUT2D eigenvalue weighted by atomic mass is 16.5. The Morgan fingerprint density at radius 3 is 2.32 bits per heavy atom. The van der Waals surface area contributed by atoms with Crippen molar-refractivity contribution in [2.45, 2.75) is 26.3 Å². The highest BCUT2D eigenvalue weighted by molar-refractivity contribution is 6.34. The first kappa shape index (κ1) is 19.6. The van der Waals surface area contributed by atoms with Gasteiger partial charge in [0, 0.05) is 17.6 Å². The molecule has 2 aromatic rings. The van der Waals surface area contributed by atoms with Crippen molar-refractivity contribution in [1.29, 1.82) is 0 Å². The Morgan fingerprint density at radius 1 is 1.07 bits per heavy atom. The number of amides is 3. The Balaban J connectivity index is 1.84. The first-order valence-corrected chi connectivity index (χ1v) is 9.04. The monoisotopic (exact) mass is 381 g/mol. The van der Waals surface area contributed by atoms with Gasteiger partial charge in [0.2, 0.25) is 0 Å². The van der Waals surface area contributed by atoms with Gasteiger partial charge in [0.1, 0.15) is 5.75 Å². The number of ether oxygens (including phenoxy) is 1. The molecule has 3 amide bonds. The van der Waals surface area contributed by atoms with Crippen molar-refractivity contribution in [3.8, 4) is 5.75 Å². The van der Waals surface area contributed by atoms with Crippen LogP contribution in [0.1, 0.15) is 51.8 Å². The highest BCUT2D eigenvalue weighted by Gasteiger charge is 2.37. The number of fused-ring (bicyclic) bond motifs is 1. The molecule has 3 N–H and O–H groups in total. The van der Waals surface area contributed by atoms with Gasteiger partial charge in [-0.1, -0.05) is 0 Å². The van der Waals surface area contributed by atoms with Crippen molar-refractivity contribution in [3.05, 3.63) is 59.2 Å². The smallest absolute Gasteiger partial charge is 0.266 e. The van der Waals surface area contributed by atoms with Crippen molar-refractivity contribution in [2.24, 2.45) is 5.73 Å².